The van der Waals surface area contributed by atoms with Gasteiger partial charge in [0.25, 0.3) is 0 Å². The van der Waals surface area contributed by atoms with Gasteiger partial charge in [-0.25, -0.2) is 4.79 Å². The fourth-order valence-corrected chi connectivity index (χ4v) is 3.08. The van der Waals surface area contributed by atoms with Crippen LogP contribution in [0.4, 0.5) is 0 Å². The maximum atomic E-state index is 12.2. The maximum absolute atomic E-state index is 12.2. The summed E-state index contributed by atoms with van der Waals surface area (Å²) < 4.78 is 0. The summed E-state index contributed by atoms with van der Waals surface area (Å²) in [5, 5.41) is 0. The first kappa shape index (κ1) is 16.7. The molecule has 3 heteroatoms. The lowest BCUT2D eigenvalue weighted by Crippen LogP contribution is -2.25. The Morgan fingerprint density at radius 3 is 2.33 bits per heavy atom. The van der Waals surface area contributed by atoms with Crippen molar-refractivity contribution in [2.75, 3.05) is 0 Å². The van der Waals surface area contributed by atoms with Crippen LogP contribution in [-0.4, -0.2) is 5.97 Å². The third-order valence-electron chi connectivity index (χ3n) is 4.90. The van der Waals surface area contributed by atoms with Crippen molar-refractivity contribution in [1.82, 2.24) is 0 Å². The van der Waals surface area contributed by atoms with Gasteiger partial charge in [-0.15, -0.1) is 0 Å². The lowest BCUT2D eigenvalue weighted by Gasteiger charge is -2.31. The second-order valence-electron chi connectivity index (χ2n) is 6.52. The molecule has 3 nitrogen and oxygen atoms in total. The van der Waals surface area contributed by atoms with Crippen molar-refractivity contribution < 1.29 is 14.6 Å². The number of benzene rings is 2. The van der Waals surface area contributed by atoms with Crippen LogP contribution in [0.3, 0.4) is 0 Å². The van der Waals surface area contributed by atoms with E-state index in [4.69, 9.17) is 9.78 Å². The monoisotopic (exact) mass is 323 g/mol. The fourth-order valence-electron chi connectivity index (χ4n) is 3.08. The highest BCUT2D eigenvalue weighted by Gasteiger charge is 2.30. The Hall–Kier alpha value is -2.13. The molecule has 24 heavy (non-hydrogen) atoms. The van der Waals surface area contributed by atoms with Crippen LogP contribution in [0.15, 0.2) is 54.6 Å². The molecule has 0 heterocycles. The predicted molar refractivity (Wildman–Crippen MR) is 93.8 cm³/mol. The van der Waals surface area contributed by atoms with Crippen molar-refractivity contribution in [3.8, 4) is 11.1 Å². The van der Waals surface area contributed by atoms with Crippen LogP contribution >= 0.6 is 0 Å². The first-order valence-electron chi connectivity index (χ1n) is 8.55. The quantitative estimate of drug-likeness (QED) is 0.556. The minimum Gasteiger partial charge on any atom is -0.292 e. The molecule has 0 spiro atoms. The molecule has 1 aliphatic carbocycles. The van der Waals surface area contributed by atoms with E-state index in [1.807, 2.05) is 42.5 Å². The summed E-state index contributed by atoms with van der Waals surface area (Å²) >= 11 is 0. The van der Waals surface area contributed by atoms with Gasteiger partial charge in [0.1, 0.15) is 0 Å². The first-order valence-corrected chi connectivity index (χ1v) is 8.55. The molecule has 0 aliphatic heterocycles. The molecule has 2 atom stereocenters. The second-order valence-corrected chi connectivity index (χ2v) is 6.52. The Balaban J connectivity index is 1.59. The van der Waals surface area contributed by atoms with Crippen molar-refractivity contribution >= 4 is 5.97 Å². The van der Waals surface area contributed by atoms with E-state index in [-0.39, 0.29) is 0 Å². The molecule has 0 amide bonds. The Kier molecular flexibility index (Phi) is 5.31. The van der Waals surface area contributed by atoms with E-state index in [1.54, 1.807) is 12.1 Å². The van der Waals surface area contributed by atoms with E-state index in [9.17, 15) is 4.79 Å². The molecule has 0 bridgehead atoms. The van der Waals surface area contributed by atoms with Crippen LogP contribution < -0.4 is 0 Å². The zero-order valence-electron chi connectivity index (χ0n) is 14.2. The van der Waals surface area contributed by atoms with Gasteiger partial charge in [0, 0.05) is 0 Å². The number of carbonyl (C=O) groups is 1. The van der Waals surface area contributed by atoms with Gasteiger partial charge >= 0.3 is 5.97 Å². The van der Waals surface area contributed by atoms with Crippen molar-refractivity contribution in [3.63, 3.8) is 0 Å². The van der Waals surface area contributed by atoms with Crippen LogP contribution in [0.5, 0.6) is 0 Å². The minimum absolute atomic E-state index is 0.326. The molecule has 2 unspecified atom stereocenters. The van der Waals surface area contributed by atoms with E-state index < -0.39 is 5.97 Å². The highest BCUT2D eigenvalue weighted by atomic mass is 17.2. The number of hydrogen-bond acceptors (Lipinski definition) is 3. The van der Waals surface area contributed by atoms with Gasteiger partial charge in [0.05, 0.1) is 5.56 Å². The maximum Gasteiger partial charge on any atom is 0.373 e. The third-order valence-corrected chi connectivity index (χ3v) is 4.90. The van der Waals surface area contributed by atoms with Crippen molar-refractivity contribution in [1.29, 1.82) is 0 Å². The summed E-state index contributed by atoms with van der Waals surface area (Å²) in [6, 6.07) is 17.4. The number of carbonyl (C=O) groups excluding carboxylic acids is 1. The van der Waals surface area contributed by atoms with Crippen LogP contribution in [-0.2, 0) is 9.78 Å². The van der Waals surface area contributed by atoms with E-state index in [0.717, 1.165) is 30.1 Å². The Bertz CT molecular complexity index is 663. The summed E-state index contributed by atoms with van der Waals surface area (Å²) in [6.07, 6.45) is 4.03. The van der Waals surface area contributed by atoms with Crippen LogP contribution in [0.2, 0.25) is 0 Å². The Labute approximate surface area is 143 Å². The summed E-state index contributed by atoms with van der Waals surface area (Å²) in [5.74, 6) is 0.442. The van der Waals surface area contributed by atoms with Gasteiger partial charge < -0.3 is 0 Å². The molecule has 1 saturated carbocycles. The average molecular weight is 323 g/mol. The fraction of sp³-hybridized carbons (Fsp3) is 0.333. The lowest BCUT2D eigenvalue weighted by molar-refractivity contribution is -0.248. The Morgan fingerprint density at radius 2 is 1.62 bits per heavy atom. The zero-order valence-corrected chi connectivity index (χ0v) is 14.2. The summed E-state index contributed by atoms with van der Waals surface area (Å²) in [7, 11) is 0. The molecule has 0 aromatic heterocycles. The topological polar surface area (TPSA) is 35.5 Å². The molecule has 1 fully saturated rings. The van der Waals surface area contributed by atoms with E-state index in [2.05, 4.69) is 13.8 Å². The molecule has 0 N–H and O–H groups in total. The second kappa shape index (κ2) is 7.63. The van der Waals surface area contributed by atoms with Crippen molar-refractivity contribution in [3.05, 3.63) is 66.3 Å². The van der Waals surface area contributed by atoms with E-state index in [0.29, 0.717) is 17.4 Å². The molecule has 3 rings (SSSR count). The first-order chi connectivity index (χ1) is 11.6. The Morgan fingerprint density at radius 1 is 0.958 bits per heavy atom. The lowest BCUT2D eigenvalue weighted by atomic mass is 9.80. The highest BCUT2D eigenvalue weighted by Crippen LogP contribution is 2.36. The number of rotatable bonds is 4. The zero-order chi connectivity index (χ0) is 16.9. The molecule has 0 saturated heterocycles. The van der Waals surface area contributed by atoms with Gasteiger partial charge in [-0.1, -0.05) is 69.2 Å². The van der Waals surface area contributed by atoms with Crippen molar-refractivity contribution in [2.24, 2.45) is 11.8 Å². The van der Waals surface area contributed by atoms with E-state index in [1.165, 1.54) is 6.42 Å². The largest absolute Gasteiger partial charge is 0.373 e. The molecule has 2 aromatic carbocycles. The molecule has 1 radical (unpaired) electrons. The standard InChI is InChI=1S/C21H23O3/c1-15-7-6-10-20(16(15)2)23-24-21(22)19-13-11-18(12-14-19)17-8-4-3-5-9-17/h3-5,8-9,11-16H,6-7,10H2,1-2H3. The smallest absolute Gasteiger partial charge is 0.292 e. The highest BCUT2D eigenvalue weighted by molar-refractivity contribution is 5.89. The molecule has 1 aliphatic rings. The molecule has 2 aromatic rings. The minimum atomic E-state index is -0.451. The normalized spacial score (nSPS) is 21.4. The van der Waals surface area contributed by atoms with Crippen molar-refractivity contribution in [2.45, 2.75) is 33.1 Å². The van der Waals surface area contributed by atoms with Crippen LogP contribution in [0, 0.1) is 17.9 Å². The third kappa shape index (κ3) is 3.85. The average Bonchev–Trinajstić information content (AvgIpc) is 2.63. The number of hydrogen-bond donors (Lipinski definition) is 0. The van der Waals surface area contributed by atoms with Gasteiger partial charge in [-0.2, -0.15) is 4.89 Å². The summed E-state index contributed by atoms with van der Waals surface area (Å²) in [6.45, 7) is 4.33. The van der Waals surface area contributed by atoms with E-state index >= 15 is 0 Å². The predicted octanol–water partition coefficient (Wildman–Crippen LogP) is 5.43. The van der Waals surface area contributed by atoms with Gasteiger partial charge in [-0.3, -0.25) is 4.89 Å². The van der Waals surface area contributed by atoms with Gasteiger partial charge in [0.2, 0.25) is 0 Å². The summed E-state index contributed by atoms with van der Waals surface area (Å²) in [4.78, 5) is 22.6. The molecular formula is C21H23O3. The van der Waals surface area contributed by atoms with Crippen LogP contribution in [0.25, 0.3) is 11.1 Å². The SMILES string of the molecule is CC1CCC[C](OOC(=O)c2ccc(-c3ccccc3)cc2)C1C. The molecule has 125 valence electrons. The summed E-state index contributed by atoms with van der Waals surface area (Å²) in [5.41, 5.74) is 2.68. The van der Waals surface area contributed by atoms with Gasteiger partial charge in [-0.05, 0) is 41.5 Å². The van der Waals surface area contributed by atoms with Crippen LogP contribution in [0.1, 0.15) is 43.5 Å². The molecular weight excluding hydrogens is 300 g/mol. The van der Waals surface area contributed by atoms with Gasteiger partial charge in [0.15, 0.2) is 6.10 Å².